The molecule has 0 fully saturated rings. The van der Waals surface area contributed by atoms with E-state index in [1.54, 1.807) is 24.3 Å². The zero-order chi connectivity index (χ0) is 12.0. The van der Waals surface area contributed by atoms with Crippen molar-refractivity contribution in [3.05, 3.63) is 35.9 Å². The molecule has 5 heteroatoms. The van der Waals surface area contributed by atoms with Crippen molar-refractivity contribution in [3.63, 3.8) is 0 Å². The lowest BCUT2D eigenvalue weighted by Gasteiger charge is -2.10. The van der Waals surface area contributed by atoms with Crippen molar-refractivity contribution in [2.45, 2.75) is 11.9 Å². The summed E-state index contributed by atoms with van der Waals surface area (Å²) in [5.74, 6) is -0.315. The van der Waals surface area contributed by atoms with Gasteiger partial charge in [-0.1, -0.05) is 30.3 Å². The number of sulfone groups is 1. The quantitative estimate of drug-likeness (QED) is 0.796. The first-order chi connectivity index (χ1) is 7.53. The Labute approximate surface area is 95.8 Å². The molecule has 16 heavy (non-hydrogen) atoms. The molecule has 0 bridgehead atoms. The molecule has 0 aliphatic rings. The van der Waals surface area contributed by atoms with Crippen molar-refractivity contribution in [1.29, 1.82) is 0 Å². The van der Waals surface area contributed by atoms with E-state index in [0.717, 1.165) is 5.56 Å². The summed E-state index contributed by atoms with van der Waals surface area (Å²) in [6, 6.07) is 8.91. The standard InChI is InChI=1S/C11H16O4S/c1-15-7-11(12)9-16(13,14)8-10-5-3-2-4-6-10/h2-6,11-12H,7-9H2,1H3/t11-/m1/s1. The summed E-state index contributed by atoms with van der Waals surface area (Å²) in [5.41, 5.74) is 0.729. The molecule has 0 aliphatic carbocycles. The summed E-state index contributed by atoms with van der Waals surface area (Å²) < 4.78 is 28.0. The van der Waals surface area contributed by atoms with Crippen LogP contribution >= 0.6 is 0 Å². The second-order valence-electron chi connectivity index (χ2n) is 3.65. The Kier molecular flexibility index (Phi) is 4.92. The van der Waals surface area contributed by atoms with Gasteiger partial charge in [0.05, 0.1) is 24.2 Å². The third kappa shape index (κ3) is 4.74. The Bertz CT molecular complexity index is 399. The molecule has 0 saturated carbocycles. The lowest BCUT2D eigenvalue weighted by Crippen LogP contribution is -2.26. The van der Waals surface area contributed by atoms with Gasteiger partial charge in [0, 0.05) is 7.11 Å². The highest BCUT2D eigenvalue weighted by molar-refractivity contribution is 7.90. The predicted octanol–water partition coefficient (Wildman–Crippen LogP) is 0.609. The van der Waals surface area contributed by atoms with Crippen molar-refractivity contribution in [2.24, 2.45) is 0 Å². The molecular weight excluding hydrogens is 228 g/mol. The summed E-state index contributed by atoms with van der Waals surface area (Å²) in [7, 11) is -1.86. The predicted molar refractivity (Wildman–Crippen MR) is 61.8 cm³/mol. The summed E-state index contributed by atoms with van der Waals surface area (Å²) in [6.07, 6.45) is -0.960. The maximum absolute atomic E-state index is 11.7. The van der Waals surface area contributed by atoms with E-state index in [2.05, 4.69) is 4.74 Å². The molecule has 0 unspecified atom stereocenters. The molecule has 0 spiro atoms. The summed E-state index contributed by atoms with van der Waals surface area (Å²) in [5, 5.41) is 9.36. The molecule has 4 nitrogen and oxygen atoms in total. The number of hydrogen-bond donors (Lipinski definition) is 1. The molecule has 1 aromatic carbocycles. The number of methoxy groups -OCH3 is 1. The van der Waals surface area contributed by atoms with Gasteiger partial charge in [-0.15, -0.1) is 0 Å². The van der Waals surface area contributed by atoms with Crippen molar-refractivity contribution < 1.29 is 18.3 Å². The van der Waals surface area contributed by atoms with Crippen LogP contribution in [-0.4, -0.2) is 39.1 Å². The minimum Gasteiger partial charge on any atom is -0.390 e. The van der Waals surface area contributed by atoms with E-state index in [1.807, 2.05) is 6.07 Å². The van der Waals surface area contributed by atoms with Gasteiger partial charge in [0.2, 0.25) is 0 Å². The van der Waals surface area contributed by atoms with E-state index in [-0.39, 0.29) is 18.1 Å². The van der Waals surface area contributed by atoms with E-state index in [1.165, 1.54) is 7.11 Å². The molecule has 0 saturated heterocycles. The third-order valence-electron chi connectivity index (χ3n) is 2.03. The van der Waals surface area contributed by atoms with E-state index in [4.69, 9.17) is 0 Å². The maximum Gasteiger partial charge on any atom is 0.157 e. The van der Waals surface area contributed by atoms with Crippen LogP contribution in [0, 0.1) is 0 Å². The molecular formula is C11H16O4S. The minimum absolute atomic E-state index is 0.0357. The first kappa shape index (κ1) is 13.2. The van der Waals surface area contributed by atoms with Gasteiger partial charge < -0.3 is 9.84 Å². The van der Waals surface area contributed by atoms with Crippen LogP contribution in [0.3, 0.4) is 0 Å². The van der Waals surface area contributed by atoms with Crippen molar-refractivity contribution >= 4 is 9.84 Å². The molecule has 1 rings (SSSR count). The highest BCUT2D eigenvalue weighted by Gasteiger charge is 2.17. The first-order valence-electron chi connectivity index (χ1n) is 4.95. The Morgan fingerprint density at radius 1 is 1.31 bits per heavy atom. The normalized spacial score (nSPS) is 13.6. The van der Waals surface area contributed by atoms with Gasteiger partial charge in [-0.2, -0.15) is 0 Å². The fourth-order valence-electron chi connectivity index (χ4n) is 1.42. The Balaban J connectivity index is 2.59. The Morgan fingerprint density at radius 3 is 2.50 bits per heavy atom. The van der Waals surface area contributed by atoms with Crippen LogP contribution in [0.15, 0.2) is 30.3 Å². The smallest absolute Gasteiger partial charge is 0.157 e. The second-order valence-corrected chi connectivity index (χ2v) is 5.76. The van der Waals surface area contributed by atoms with Crippen LogP contribution in [0.2, 0.25) is 0 Å². The van der Waals surface area contributed by atoms with Crippen LogP contribution in [0.25, 0.3) is 0 Å². The molecule has 1 aromatic rings. The number of aliphatic hydroxyl groups excluding tert-OH is 1. The summed E-state index contributed by atoms with van der Waals surface area (Å²) in [4.78, 5) is 0. The highest BCUT2D eigenvalue weighted by atomic mass is 32.2. The van der Waals surface area contributed by atoms with Crippen LogP contribution in [0.4, 0.5) is 0 Å². The zero-order valence-electron chi connectivity index (χ0n) is 9.17. The fraction of sp³-hybridized carbons (Fsp3) is 0.455. The monoisotopic (exact) mass is 244 g/mol. The average Bonchev–Trinajstić information content (AvgIpc) is 2.17. The first-order valence-corrected chi connectivity index (χ1v) is 6.77. The molecule has 90 valence electrons. The van der Waals surface area contributed by atoms with Crippen molar-refractivity contribution in [1.82, 2.24) is 0 Å². The van der Waals surface area contributed by atoms with Crippen LogP contribution in [-0.2, 0) is 20.3 Å². The highest BCUT2D eigenvalue weighted by Crippen LogP contribution is 2.07. The topological polar surface area (TPSA) is 63.6 Å². The fourth-order valence-corrected chi connectivity index (χ4v) is 2.92. The SMILES string of the molecule is COC[C@@H](O)CS(=O)(=O)Cc1ccccc1. The number of rotatable bonds is 6. The molecule has 0 amide bonds. The van der Waals surface area contributed by atoms with E-state index in [9.17, 15) is 13.5 Å². The van der Waals surface area contributed by atoms with E-state index < -0.39 is 15.9 Å². The molecule has 1 N–H and O–H groups in total. The number of benzene rings is 1. The minimum atomic E-state index is -3.29. The zero-order valence-corrected chi connectivity index (χ0v) is 9.98. The molecule has 1 atom stereocenters. The van der Waals surface area contributed by atoms with Crippen LogP contribution < -0.4 is 0 Å². The van der Waals surface area contributed by atoms with Crippen molar-refractivity contribution in [3.8, 4) is 0 Å². The van der Waals surface area contributed by atoms with Gasteiger partial charge in [-0.3, -0.25) is 0 Å². The lowest BCUT2D eigenvalue weighted by molar-refractivity contribution is 0.0783. The van der Waals surface area contributed by atoms with Gasteiger partial charge in [0.15, 0.2) is 9.84 Å². The van der Waals surface area contributed by atoms with Gasteiger partial charge >= 0.3 is 0 Å². The molecule has 0 heterocycles. The number of hydrogen-bond acceptors (Lipinski definition) is 4. The lowest BCUT2D eigenvalue weighted by atomic mass is 10.2. The Hall–Kier alpha value is -0.910. The summed E-state index contributed by atoms with van der Waals surface area (Å²) >= 11 is 0. The Morgan fingerprint density at radius 2 is 1.94 bits per heavy atom. The molecule has 0 radical (unpaired) electrons. The van der Waals surface area contributed by atoms with Gasteiger partial charge in [0.1, 0.15) is 0 Å². The van der Waals surface area contributed by atoms with Crippen LogP contribution in [0.1, 0.15) is 5.56 Å². The third-order valence-corrected chi connectivity index (χ3v) is 3.70. The summed E-state index contributed by atoms with van der Waals surface area (Å²) in [6.45, 7) is 0.0357. The van der Waals surface area contributed by atoms with E-state index >= 15 is 0 Å². The van der Waals surface area contributed by atoms with Crippen LogP contribution in [0.5, 0.6) is 0 Å². The number of ether oxygens (including phenoxy) is 1. The van der Waals surface area contributed by atoms with Gasteiger partial charge in [-0.05, 0) is 5.56 Å². The number of aliphatic hydroxyl groups is 1. The van der Waals surface area contributed by atoms with Gasteiger partial charge in [-0.25, -0.2) is 8.42 Å². The van der Waals surface area contributed by atoms with Gasteiger partial charge in [0.25, 0.3) is 0 Å². The molecule has 0 aliphatic heterocycles. The molecule has 0 aromatic heterocycles. The average molecular weight is 244 g/mol. The van der Waals surface area contributed by atoms with E-state index in [0.29, 0.717) is 0 Å². The second kappa shape index (κ2) is 5.98. The largest absolute Gasteiger partial charge is 0.390 e. The van der Waals surface area contributed by atoms with Crippen molar-refractivity contribution in [2.75, 3.05) is 19.5 Å². The maximum atomic E-state index is 11.7.